The van der Waals surface area contributed by atoms with Crippen molar-refractivity contribution in [2.75, 3.05) is 18.4 Å². The van der Waals surface area contributed by atoms with Gasteiger partial charge in [-0.1, -0.05) is 0 Å². The molecule has 206 valence electrons. The van der Waals surface area contributed by atoms with E-state index in [1.54, 1.807) is 17.0 Å². The average Bonchev–Trinajstić information content (AvgIpc) is 3.42. The van der Waals surface area contributed by atoms with Crippen LogP contribution in [0.5, 0.6) is 0 Å². The molecule has 1 aliphatic heterocycles. The first-order valence-electron chi connectivity index (χ1n) is 12.5. The fourth-order valence-electron chi connectivity index (χ4n) is 4.39. The van der Waals surface area contributed by atoms with Crippen molar-refractivity contribution in [1.29, 1.82) is 0 Å². The van der Waals surface area contributed by atoms with E-state index in [-0.39, 0.29) is 35.2 Å². The predicted octanol–water partition coefficient (Wildman–Crippen LogP) is 3.77. The zero-order valence-corrected chi connectivity index (χ0v) is 21.1. The lowest BCUT2D eigenvalue weighted by Crippen LogP contribution is -2.39. The lowest BCUT2D eigenvalue weighted by molar-refractivity contribution is -0.142. The summed E-state index contributed by atoms with van der Waals surface area (Å²) in [6.45, 7) is 1.10. The molecule has 0 bridgehead atoms. The van der Waals surface area contributed by atoms with Gasteiger partial charge < -0.3 is 14.8 Å². The number of rotatable bonds is 6. The van der Waals surface area contributed by atoms with Crippen LogP contribution >= 0.6 is 0 Å². The topological polar surface area (TPSA) is 115 Å². The zero-order valence-electron chi connectivity index (χ0n) is 21.1. The molecule has 4 aromatic rings. The van der Waals surface area contributed by atoms with Crippen LogP contribution in [-0.2, 0) is 17.5 Å². The molecule has 13 heteroatoms. The number of anilines is 1. The van der Waals surface area contributed by atoms with Gasteiger partial charge in [-0.25, -0.2) is 9.67 Å². The molecule has 4 aromatic heterocycles. The van der Waals surface area contributed by atoms with E-state index < -0.39 is 23.3 Å². The van der Waals surface area contributed by atoms with Gasteiger partial charge in [0.05, 0.1) is 23.1 Å². The Balaban J connectivity index is 1.32. The van der Waals surface area contributed by atoms with Gasteiger partial charge in [0.2, 0.25) is 5.91 Å². The van der Waals surface area contributed by atoms with Crippen molar-refractivity contribution in [2.24, 2.45) is 0 Å². The molecule has 0 unspecified atom stereocenters. The number of alkyl halides is 3. The third-order valence-corrected chi connectivity index (χ3v) is 6.45. The van der Waals surface area contributed by atoms with Crippen LogP contribution in [0.25, 0.3) is 16.9 Å². The Morgan fingerprint density at radius 3 is 2.48 bits per heavy atom. The molecule has 1 saturated heterocycles. The Morgan fingerprint density at radius 2 is 1.80 bits per heavy atom. The van der Waals surface area contributed by atoms with Gasteiger partial charge in [-0.05, 0) is 55.7 Å². The number of carbonyl (C=O) groups excluding carboxylic acids is 2. The van der Waals surface area contributed by atoms with Crippen LogP contribution in [0, 0.1) is 0 Å². The molecule has 0 aliphatic carbocycles. The monoisotopic (exact) mass is 551 g/mol. The van der Waals surface area contributed by atoms with Crippen LogP contribution in [0.1, 0.15) is 35.3 Å². The molecule has 0 radical (unpaired) electrons. The Bertz CT molecular complexity index is 1580. The standard InChI is InChI=1S/C27H24F3N7O3/c28-27(29,30)22-13-21(18-5-4-10-31-14-18)34-37(22)20-7-8-23(32-15-20)33-26(40)19-6-9-24(38)36(16-19)17-25(39)35-11-2-1-3-12-35/h4-10,13-16H,1-3,11-12,17H2,(H,32,33,40). The van der Waals surface area contributed by atoms with Crippen molar-refractivity contribution in [3.05, 3.63) is 88.9 Å². The molecule has 0 aromatic carbocycles. The van der Waals surface area contributed by atoms with Gasteiger partial charge in [0.1, 0.15) is 18.1 Å². The molecule has 5 rings (SSSR count). The number of likely N-dealkylation sites (tertiary alicyclic amines) is 1. The first-order chi connectivity index (χ1) is 19.2. The maximum Gasteiger partial charge on any atom is 0.433 e. The predicted molar refractivity (Wildman–Crippen MR) is 139 cm³/mol. The summed E-state index contributed by atoms with van der Waals surface area (Å²) in [5.74, 6) is -0.724. The molecule has 1 N–H and O–H groups in total. The molecule has 0 saturated carbocycles. The summed E-state index contributed by atoms with van der Waals surface area (Å²) in [5.41, 5.74) is -0.759. The number of halogens is 3. The quantitative estimate of drug-likeness (QED) is 0.390. The number of carbonyl (C=O) groups is 2. The lowest BCUT2D eigenvalue weighted by Gasteiger charge is -2.27. The second-order valence-corrected chi connectivity index (χ2v) is 9.25. The number of amides is 2. The van der Waals surface area contributed by atoms with Crippen LogP contribution in [0.3, 0.4) is 0 Å². The Morgan fingerprint density at radius 1 is 1.00 bits per heavy atom. The largest absolute Gasteiger partial charge is 0.433 e. The highest BCUT2D eigenvalue weighted by Crippen LogP contribution is 2.34. The number of pyridine rings is 3. The van der Waals surface area contributed by atoms with Gasteiger partial charge in [0, 0.05) is 43.3 Å². The van der Waals surface area contributed by atoms with Crippen molar-refractivity contribution < 1.29 is 22.8 Å². The van der Waals surface area contributed by atoms with E-state index in [0.29, 0.717) is 18.7 Å². The van der Waals surface area contributed by atoms with Crippen LogP contribution in [-0.4, -0.2) is 54.1 Å². The number of nitrogens with one attached hydrogen (secondary N) is 1. The van der Waals surface area contributed by atoms with Crippen LogP contribution in [0.2, 0.25) is 0 Å². The lowest BCUT2D eigenvalue weighted by atomic mass is 10.1. The molecule has 1 fully saturated rings. The number of hydrogen-bond acceptors (Lipinski definition) is 6. The Labute approximate surface area is 226 Å². The molecular formula is C27H24F3N7O3. The molecule has 5 heterocycles. The summed E-state index contributed by atoms with van der Waals surface area (Å²) in [5, 5.41) is 6.65. The van der Waals surface area contributed by atoms with E-state index in [4.69, 9.17) is 0 Å². The third-order valence-electron chi connectivity index (χ3n) is 6.45. The van der Waals surface area contributed by atoms with E-state index in [1.807, 2.05) is 0 Å². The highest BCUT2D eigenvalue weighted by Gasteiger charge is 2.36. The molecule has 0 atom stereocenters. The van der Waals surface area contributed by atoms with Crippen molar-refractivity contribution in [2.45, 2.75) is 32.0 Å². The fraction of sp³-hybridized carbons (Fsp3) is 0.259. The Kier molecular flexibility index (Phi) is 7.45. The van der Waals surface area contributed by atoms with Gasteiger partial charge in [0.25, 0.3) is 11.5 Å². The highest BCUT2D eigenvalue weighted by atomic mass is 19.4. The zero-order chi connectivity index (χ0) is 28.3. The van der Waals surface area contributed by atoms with Crippen LogP contribution < -0.4 is 10.9 Å². The van der Waals surface area contributed by atoms with Crippen LogP contribution in [0.15, 0.2) is 72.0 Å². The maximum absolute atomic E-state index is 13.7. The highest BCUT2D eigenvalue weighted by molar-refractivity contribution is 6.03. The van der Waals surface area contributed by atoms with Gasteiger partial charge >= 0.3 is 6.18 Å². The van der Waals surface area contributed by atoms with Gasteiger partial charge in [-0.3, -0.25) is 19.4 Å². The molecule has 2 amide bonds. The van der Waals surface area contributed by atoms with E-state index in [9.17, 15) is 27.6 Å². The van der Waals surface area contributed by atoms with Gasteiger partial charge in [0.15, 0.2) is 0 Å². The average molecular weight is 552 g/mol. The van der Waals surface area contributed by atoms with E-state index in [1.165, 1.54) is 47.4 Å². The number of nitrogens with zero attached hydrogens (tertiary/aromatic N) is 6. The number of hydrogen-bond donors (Lipinski definition) is 1. The van der Waals surface area contributed by atoms with Gasteiger partial charge in [-0.15, -0.1) is 0 Å². The summed E-state index contributed by atoms with van der Waals surface area (Å²) in [7, 11) is 0. The summed E-state index contributed by atoms with van der Waals surface area (Å²) in [6, 6.07) is 9.34. The summed E-state index contributed by atoms with van der Waals surface area (Å²) in [4.78, 5) is 47.4. The molecule has 40 heavy (non-hydrogen) atoms. The first kappa shape index (κ1) is 26.8. The van der Waals surface area contributed by atoms with E-state index in [0.717, 1.165) is 36.2 Å². The number of piperidine rings is 1. The molecule has 1 aliphatic rings. The minimum absolute atomic E-state index is 0.0326. The Hall–Kier alpha value is -4.81. The molecular weight excluding hydrogens is 527 g/mol. The molecule has 10 nitrogen and oxygen atoms in total. The van der Waals surface area contributed by atoms with Crippen molar-refractivity contribution in [3.8, 4) is 16.9 Å². The van der Waals surface area contributed by atoms with Gasteiger partial charge in [-0.2, -0.15) is 18.3 Å². The normalized spacial score (nSPS) is 13.7. The SMILES string of the molecule is O=C(Nc1ccc(-n2nc(-c3cccnc3)cc2C(F)(F)F)cn1)c1ccc(=O)n(CC(=O)N2CCCCC2)c1. The van der Waals surface area contributed by atoms with Crippen molar-refractivity contribution in [1.82, 2.24) is 29.2 Å². The first-order valence-corrected chi connectivity index (χ1v) is 12.5. The van der Waals surface area contributed by atoms with E-state index in [2.05, 4.69) is 20.4 Å². The third kappa shape index (κ3) is 5.92. The molecule has 0 spiro atoms. The second-order valence-electron chi connectivity index (χ2n) is 9.25. The van der Waals surface area contributed by atoms with Crippen molar-refractivity contribution in [3.63, 3.8) is 0 Å². The minimum Gasteiger partial charge on any atom is -0.341 e. The minimum atomic E-state index is -4.68. The summed E-state index contributed by atoms with van der Waals surface area (Å²) in [6.07, 6.45) is 3.58. The smallest absolute Gasteiger partial charge is 0.341 e. The number of aromatic nitrogens is 5. The summed E-state index contributed by atoms with van der Waals surface area (Å²) < 4.78 is 43.1. The summed E-state index contributed by atoms with van der Waals surface area (Å²) >= 11 is 0. The maximum atomic E-state index is 13.7. The van der Waals surface area contributed by atoms with Crippen molar-refractivity contribution >= 4 is 17.6 Å². The fourth-order valence-corrected chi connectivity index (χ4v) is 4.39. The van der Waals surface area contributed by atoms with Crippen LogP contribution in [0.4, 0.5) is 19.0 Å². The second kappa shape index (κ2) is 11.1. The van der Waals surface area contributed by atoms with E-state index >= 15 is 0 Å².